The van der Waals surface area contributed by atoms with Crippen LogP contribution in [0.25, 0.3) is 0 Å². The summed E-state index contributed by atoms with van der Waals surface area (Å²) in [6.07, 6.45) is 5.05. The van der Waals surface area contributed by atoms with E-state index in [2.05, 4.69) is 0 Å². The maximum Gasteiger partial charge on any atom is 0.219 e. The Bertz CT molecular complexity index is 605. The highest BCUT2D eigenvalue weighted by atomic mass is 19.2. The van der Waals surface area contributed by atoms with Crippen LogP contribution < -0.4 is 0 Å². The lowest BCUT2D eigenvalue weighted by Gasteiger charge is -2.52. The van der Waals surface area contributed by atoms with Crippen molar-refractivity contribution >= 4 is 11.6 Å². The molecule has 0 spiro atoms. The number of ketones is 2. The first-order valence-electron chi connectivity index (χ1n) is 7.45. The van der Waals surface area contributed by atoms with Gasteiger partial charge in [-0.1, -0.05) is 24.3 Å². The fourth-order valence-corrected chi connectivity index (χ4v) is 5.52. The van der Waals surface area contributed by atoms with Gasteiger partial charge in [-0.15, -0.1) is 0 Å². The molecule has 2 nitrogen and oxygen atoms in total. The Kier molecular flexibility index (Phi) is 1.84. The van der Waals surface area contributed by atoms with Crippen molar-refractivity contribution in [2.75, 3.05) is 0 Å². The first-order valence-corrected chi connectivity index (χ1v) is 7.45. The van der Waals surface area contributed by atoms with Crippen LogP contribution in [0.4, 0.5) is 17.6 Å². The maximum absolute atomic E-state index is 15.4. The molecule has 0 heterocycles. The minimum Gasteiger partial charge on any atom is -0.292 e. The van der Waals surface area contributed by atoms with E-state index in [9.17, 15) is 9.59 Å². The second-order valence-electron chi connectivity index (χ2n) is 7.17. The second kappa shape index (κ2) is 3.10. The lowest BCUT2D eigenvalue weighted by molar-refractivity contribution is -0.201. The Morgan fingerprint density at radius 3 is 1.09 bits per heavy atom. The van der Waals surface area contributed by atoms with Gasteiger partial charge < -0.3 is 0 Å². The fraction of sp³-hybridized carbons (Fsp3) is 0.625. The van der Waals surface area contributed by atoms with Gasteiger partial charge in [-0.2, -0.15) is 0 Å². The maximum atomic E-state index is 15.4. The van der Waals surface area contributed by atoms with Crippen LogP contribution in [0.1, 0.15) is 12.8 Å². The molecule has 0 N–H and O–H groups in total. The van der Waals surface area contributed by atoms with E-state index < -0.39 is 57.9 Å². The van der Waals surface area contributed by atoms with E-state index in [0.717, 1.165) is 0 Å². The van der Waals surface area contributed by atoms with E-state index in [4.69, 9.17) is 0 Å². The van der Waals surface area contributed by atoms with Crippen LogP contribution in [-0.4, -0.2) is 34.2 Å². The predicted octanol–water partition coefficient (Wildman–Crippen LogP) is 2.38. The molecule has 8 atom stereocenters. The highest BCUT2D eigenvalue weighted by molar-refractivity contribution is 6.17. The van der Waals surface area contributed by atoms with Crippen LogP contribution in [0.15, 0.2) is 24.3 Å². The summed E-state index contributed by atoms with van der Waals surface area (Å²) >= 11 is 0. The van der Waals surface area contributed by atoms with Gasteiger partial charge in [0.25, 0.3) is 0 Å². The fourth-order valence-electron chi connectivity index (χ4n) is 5.52. The molecule has 0 aromatic heterocycles. The van der Waals surface area contributed by atoms with Crippen molar-refractivity contribution in [1.29, 1.82) is 0 Å². The molecule has 5 aliphatic carbocycles. The van der Waals surface area contributed by atoms with Crippen molar-refractivity contribution < 1.29 is 27.2 Å². The van der Waals surface area contributed by atoms with Crippen LogP contribution in [0.2, 0.25) is 0 Å². The number of hydrogen-bond donors (Lipinski definition) is 0. The summed E-state index contributed by atoms with van der Waals surface area (Å²) < 4.78 is 61.7. The van der Waals surface area contributed by atoms with E-state index in [1.807, 2.05) is 0 Å². The third-order valence-electron chi connectivity index (χ3n) is 6.59. The third-order valence-corrected chi connectivity index (χ3v) is 6.59. The molecule has 3 fully saturated rings. The zero-order valence-corrected chi connectivity index (χ0v) is 11.4. The summed E-state index contributed by atoms with van der Waals surface area (Å²) in [7, 11) is 0. The quantitative estimate of drug-likeness (QED) is 0.508. The summed E-state index contributed by atoms with van der Waals surface area (Å²) in [6, 6.07) is 0. The number of hydrogen-bond acceptors (Lipinski definition) is 2. The highest BCUT2D eigenvalue weighted by Crippen LogP contribution is 2.70. The van der Waals surface area contributed by atoms with Gasteiger partial charge in [0.15, 0.2) is 0 Å². The standard InChI is InChI=1S/C16H12F4O2/c17-13-7-1-2-8(5-7)14(13,18)12(22)16(20)10-4-3-9(6-10)15(16,19)11(13)21/h1-4,7-10H,5-6H2. The zero-order chi connectivity index (χ0) is 15.7. The lowest BCUT2D eigenvalue weighted by Crippen LogP contribution is -2.80. The molecule has 0 aromatic carbocycles. The lowest BCUT2D eigenvalue weighted by atomic mass is 9.54. The molecule has 5 rings (SSSR count). The molecule has 8 unspecified atom stereocenters. The molecule has 4 bridgehead atoms. The molecule has 0 aromatic rings. The molecule has 5 aliphatic rings. The van der Waals surface area contributed by atoms with Gasteiger partial charge in [0, 0.05) is 23.7 Å². The predicted molar refractivity (Wildman–Crippen MR) is 66.8 cm³/mol. The largest absolute Gasteiger partial charge is 0.292 e. The number of Topliss-reactive ketones (excluding diaryl/α,β-unsaturated/α-hetero) is 2. The van der Waals surface area contributed by atoms with Crippen LogP contribution >= 0.6 is 0 Å². The van der Waals surface area contributed by atoms with Crippen LogP contribution in [-0.2, 0) is 9.59 Å². The van der Waals surface area contributed by atoms with E-state index in [1.165, 1.54) is 24.3 Å². The monoisotopic (exact) mass is 312 g/mol. The highest BCUT2D eigenvalue weighted by Gasteiger charge is 2.91. The molecular formula is C16H12F4O2. The average molecular weight is 312 g/mol. The summed E-state index contributed by atoms with van der Waals surface area (Å²) in [4.78, 5) is 25.2. The van der Waals surface area contributed by atoms with Gasteiger partial charge in [0.1, 0.15) is 0 Å². The Morgan fingerprint density at radius 2 is 0.864 bits per heavy atom. The van der Waals surface area contributed by atoms with Gasteiger partial charge in [-0.05, 0) is 12.8 Å². The van der Waals surface area contributed by atoms with Crippen molar-refractivity contribution in [2.24, 2.45) is 23.7 Å². The first kappa shape index (κ1) is 13.0. The molecule has 0 radical (unpaired) electrons. The number of alkyl halides is 4. The molecule has 0 saturated heterocycles. The minimum absolute atomic E-state index is 0.0978. The summed E-state index contributed by atoms with van der Waals surface area (Å²) in [5.41, 5.74) is -13.1. The average Bonchev–Trinajstić information content (AvgIpc) is 3.23. The number of halogens is 4. The molecular weight excluding hydrogens is 300 g/mol. The van der Waals surface area contributed by atoms with Crippen molar-refractivity contribution in [3.8, 4) is 0 Å². The number of allylic oxidation sites excluding steroid dienone is 4. The van der Waals surface area contributed by atoms with E-state index >= 15 is 17.6 Å². The van der Waals surface area contributed by atoms with Gasteiger partial charge in [0.05, 0.1) is 0 Å². The molecule has 0 amide bonds. The minimum atomic E-state index is -3.29. The van der Waals surface area contributed by atoms with Gasteiger partial charge in [-0.3, -0.25) is 9.59 Å². The smallest absolute Gasteiger partial charge is 0.219 e. The summed E-state index contributed by atoms with van der Waals surface area (Å²) in [5, 5.41) is 0. The normalized spacial score (nSPS) is 63.6. The van der Waals surface area contributed by atoms with Crippen LogP contribution in [0.5, 0.6) is 0 Å². The first-order chi connectivity index (χ1) is 10.2. The zero-order valence-electron chi connectivity index (χ0n) is 11.4. The second-order valence-corrected chi connectivity index (χ2v) is 7.17. The topological polar surface area (TPSA) is 34.1 Å². The Balaban J connectivity index is 1.84. The van der Waals surface area contributed by atoms with Gasteiger partial charge in [0.2, 0.25) is 34.2 Å². The van der Waals surface area contributed by atoms with Gasteiger partial charge >= 0.3 is 0 Å². The third kappa shape index (κ3) is 0.837. The van der Waals surface area contributed by atoms with Crippen LogP contribution in [0, 0.1) is 23.7 Å². The SMILES string of the molecule is O=C1C2(F)C3C=CC(C3)C2(F)C(=O)C2(F)C3C=CC(C3)C12F. The molecule has 0 aliphatic heterocycles. The van der Waals surface area contributed by atoms with Crippen molar-refractivity contribution in [3.05, 3.63) is 24.3 Å². The molecule has 22 heavy (non-hydrogen) atoms. The Hall–Kier alpha value is -1.46. The molecule has 6 heteroatoms. The van der Waals surface area contributed by atoms with Gasteiger partial charge in [-0.25, -0.2) is 17.6 Å². The number of carbonyl (C=O) groups is 2. The number of rotatable bonds is 0. The van der Waals surface area contributed by atoms with Crippen LogP contribution in [0.3, 0.4) is 0 Å². The van der Waals surface area contributed by atoms with E-state index in [-0.39, 0.29) is 12.8 Å². The Morgan fingerprint density at radius 1 is 0.636 bits per heavy atom. The summed E-state index contributed by atoms with van der Waals surface area (Å²) in [5.74, 6) is -8.20. The number of carbonyl (C=O) groups excluding carboxylic acids is 2. The Labute approximate surface area is 123 Å². The van der Waals surface area contributed by atoms with E-state index in [0.29, 0.717) is 0 Å². The van der Waals surface area contributed by atoms with Crippen molar-refractivity contribution in [1.82, 2.24) is 0 Å². The van der Waals surface area contributed by atoms with Crippen molar-refractivity contribution in [3.63, 3.8) is 0 Å². The van der Waals surface area contributed by atoms with E-state index in [1.54, 1.807) is 0 Å². The summed E-state index contributed by atoms with van der Waals surface area (Å²) in [6.45, 7) is 0. The molecule has 116 valence electrons. The van der Waals surface area contributed by atoms with Crippen molar-refractivity contribution in [2.45, 2.75) is 35.5 Å². The molecule has 3 saturated carbocycles. The number of fused-ring (bicyclic) bond motifs is 10.